The molecular weight excluding hydrogens is 307 g/mol. The number of ether oxygens (including phenoxy) is 1. The summed E-state index contributed by atoms with van der Waals surface area (Å²) in [4.78, 5) is 11.7. The molecule has 0 heterocycles. The number of rotatable bonds is 9. The highest BCUT2D eigenvalue weighted by Gasteiger charge is 2.02. The lowest BCUT2D eigenvalue weighted by Crippen LogP contribution is -2.28. The Labute approximate surface area is 141 Å². The first-order valence-corrected chi connectivity index (χ1v) is 8.04. The van der Waals surface area contributed by atoms with Crippen LogP contribution < -0.4 is 11.1 Å². The molecule has 0 aromatic heterocycles. The number of halogens is 1. The fourth-order valence-corrected chi connectivity index (χ4v) is 2.26. The molecule has 3 N–H and O–H groups in total. The van der Waals surface area contributed by atoms with E-state index in [1.54, 1.807) is 12.1 Å². The second-order valence-electron chi connectivity index (χ2n) is 5.59. The van der Waals surface area contributed by atoms with Gasteiger partial charge in [0.15, 0.2) is 0 Å². The minimum Gasteiger partial charge on any atom is -0.367 e. The van der Waals surface area contributed by atoms with E-state index >= 15 is 0 Å². The third-order valence-electron chi connectivity index (χ3n) is 3.64. The lowest BCUT2D eigenvalue weighted by atomic mass is 10.1. The average Bonchev–Trinajstić information content (AvgIpc) is 2.61. The van der Waals surface area contributed by atoms with E-state index in [0.717, 1.165) is 24.0 Å². The molecule has 2 aromatic rings. The highest BCUT2D eigenvalue weighted by atomic mass is 19.1. The quantitative estimate of drug-likeness (QED) is 0.695. The Morgan fingerprint density at radius 2 is 1.62 bits per heavy atom. The normalized spacial score (nSPS) is 10.6. The number of hydrogen-bond acceptors (Lipinski definition) is 3. The van der Waals surface area contributed by atoms with Crippen LogP contribution in [0.25, 0.3) is 0 Å². The number of carbonyl (C=O) groups excluding carboxylic acids is 1. The summed E-state index contributed by atoms with van der Waals surface area (Å²) in [5.41, 5.74) is 8.75. The second-order valence-corrected chi connectivity index (χ2v) is 5.59. The van der Waals surface area contributed by atoms with E-state index in [9.17, 15) is 9.18 Å². The number of nitrogens with two attached hydrogens (primary N) is 1. The van der Waals surface area contributed by atoms with E-state index in [2.05, 4.69) is 17.4 Å². The van der Waals surface area contributed by atoms with E-state index in [1.165, 1.54) is 17.7 Å². The van der Waals surface area contributed by atoms with Gasteiger partial charge in [-0.3, -0.25) is 4.79 Å². The summed E-state index contributed by atoms with van der Waals surface area (Å²) in [6.45, 7) is 1.45. The maximum Gasteiger partial charge on any atom is 0.246 e. The Morgan fingerprint density at radius 3 is 2.29 bits per heavy atom. The number of benzene rings is 2. The standard InChI is InChI=1S/C19H23FN2O2/c20-18-9-7-17(8-10-18)13-24-14-19(23)22-11-1-2-15-3-5-16(12-21)6-4-15/h3-10H,1-2,11-14,21H2,(H,22,23). The molecular formula is C19H23FN2O2. The lowest BCUT2D eigenvalue weighted by molar-refractivity contribution is -0.126. The largest absolute Gasteiger partial charge is 0.367 e. The number of hydrogen-bond donors (Lipinski definition) is 2. The summed E-state index contributed by atoms with van der Waals surface area (Å²) < 4.78 is 18.1. The van der Waals surface area contributed by atoms with Crippen molar-refractivity contribution in [3.05, 3.63) is 71.0 Å². The van der Waals surface area contributed by atoms with Gasteiger partial charge in [-0.25, -0.2) is 4.39 Å². The van der Waals surface area contributed by atoms with Crippen molar-refractivity contribution < 1.29 is 13.9 Å². The molecule has 0 bridgehead atoms. The summed E-state index contributed by atoms with van der Waals surface area (Å²) in [5, 5.41) is 2.83. The maximum atomic E-state index is 12.8. The number of nitrogens with one attached hydrogen (secondary N) is 1. The zero-order valence-electron chi connectivity index (χ0n) is 13.6. The third-order valence-corrected chi connectivity index (χ3v) is 3.64. The summed E-state index contributed by atoms with van der Waals surface area (Å²) in [5.74, 6) is -0.426. The van der Waals surface area contributed by atoms with Gasteiger partial charge in [0, 0.05) is 13.1 Å². The summed E-state index contributed by atoms with van der Waals surface area (Å²) >= 11 is 0. The topological polar surface area (TPSA) is 64.3 Å². The maximum absolute atomic E-state index is 12.8. The van der Waals surface area contributed by atoms with Gasteiger partial charge >= 0.3 is 0 Å². The van der Waals surface area contributed by atoms with E-state index in [4.69, 9.17) is 10.5 Å². The number of amides is 1. The molecule has 2 aromatic carbocycles. The monoisotopic (exact) mass is 330 g/mol. The van der Waals surface area contributed by atoms with Crippen LogP contribution in [0.3, 0.4) is 0 Å². The minimum absolute atomic E-state index is 0.00255. The number of carbonyl (C=O) groups is 1. The van der Waals surface area contributed by atoms with Gasteiger partial charge in [-0.05, 0) is 41.7 Å². The van der Waals surface area contributed by atoms with Crippen LogP contribution in [0.2, 0.25) is 0 Å². The SMILES string of the molecule is NCc1ccc(CCCNC(=O)COCc2ccc(F)cc2)cc1. The van der Waals surface area contributed by atoms with Crippen molar-refractivity contribution in [2.45, 2.75) is 26.0 Å². The van der Waals surface area contributed by atoms with Crippen LogP contribution in [-0.4, -0.2) is 19.1 Å². The number of aryl methyl sites for hydroxylation is 1. The predicted octanol–water partition coefficient (Wildman–Crippen LogP) is 2.55. The van der Waals surface area contributed by atoms with Gasteiger partial charge in [0.25, 0.3) is 0 Å². The van der Waals surface area contributed by atoms with E-state index in [1.807, 2.05) is 12.1 Å². The lowest BCUT2D eigenvalue weighted by Gasteiger charge is -2.07. The van der Waals surface area contributed by atoms with E-state index < -0.39 is 0 Å². The fraction of sp³-hybridized carbons (Fsp3) is 0.316. The Morgan fingerprint density at radius 1 is 1.00 bits per heavy atom. The van der Waals surface area contributed by atoms with Gasteiger partial charge in [-0.2, -0.15) is 0 Å². The molecule has 0 saturated heterocycles. The zero-order valence-corrected chi connectivity index (χ0v) is 13.6. The van der Waals surface area contributed by atoms with Gasteiger partial charge in [0.1, 0.15) is 12.4 Å². The molecule has 0 unspecified atom stereocenters. The van der Waals surface area contributed by atoms with Crippen LogP contribution in [0.15, 0.2) is 48.5 Å². The van der Waals surface area contributed by atoms with Crippen molar-refractivity contribution in [2.24, 2.45) is 5.73 Å². The molecule has 0 atom stereocenters. The van der Waals surface area contributed by atoms with Crippen molar-refractivity contribution in [2.75, 3.05) is 13.2 Å². The molecule has 24 heavy (non-hydrogen) atoms. The Kier molecular flexibility index (Phi) is 7.39. The van der Waals surface area contributed by atoms with Gasteiger partial charge in [0.05, 0.1) is 6.61 Å². The van der Waals surface area contributed by atoms with Crippen LogP contribution in [0.1, 0.15) is 23.1 Å². The molecule has 5 heteroatoms. The van der Waals surface area contributed by atoms with E-state index in [-0.39, 0.29) is 18.3 Å². The van der Waals surface area contributed by atoms with E-state index in [0.29, 0.717) is 19.7 Å². The van der Waals surface area contributed by atoms with Crippen LogP contribution in [0.4, 0.5) is 4.39 Å². The van der Waals surface area contributed by atoms with Crippen molar-refractivity contribution in [1.29, 1.82) is 0 Å². The molecule has 1 amide bonds. The molecule has 0 aliphatic rings. The first kappa shape index (κ1) is 18.1. The van der Waals surface area contributed by atoms with Crippen molar-refractivity contribution in [1.82, 2.24) is 5.32 Å². The average molecular weight is 330 g/mol. The smallest absolute Gasteiger partial charge is 0.246 e. The first-order chi connectivity index (χ1) is 11.7. The Balaban J connectivity index is 1.56. The summed E-state index contributed by atoms with van der Waals surface area (Å²) in [6, 6.07) is 14.2. The Hall–Kier alpha value is -2.24. The highest BCUT2D eigenvalue weighted by Crippen LogP contribution is 2.06. The minimum atomic E-state index is -0.283. The molecule has 0 aliphatic heterocycles. The fourth-order valence-electron chi connectivity index (χ4n) is 2.26. The first-order valence-electron chi connectivity index (χ1n) is 8.04. The van der Waals surface area contributed by atoms with Crippen LogP contribution in [0.5, 0.6) is 0 Å². The van der Waals surface area contributed by atoms with Gasteiger partial charge in [0.2, 0.25) is 5.91 Å². The Bertz CT molecular complexity index is 627. The van der Waals surface area contributed by atoms with Gasteiger partial charge < -0.3 is 15.8 Å². The molecule has 0 aliphatic carbocycles. The molecule has 4 nitrogen and oxygen atoms in total. The summed E-state index contributed by atoms with van der Waals surface area (Å²) in [7, 11) is 0. The molecule has 0 radical (unpaired) electrons. The van der Waals surface area contributed by atoms with Gasteiger partial charge in [-0.1, -0.05) is 36.4 Å². The third kappa shape index (κ3) is 6.48. The van der Waals surface area contributed by atoms with Gasteiger partial charge in [-0.15, -0.1) is 0 Å². The van der Waals surface area contributed by atoms with Crippen LogP contribution >= 0.6 is 0 Å². The van der Waals surface area contributed by atoms with Crippen molar-refractivity contribution >= 4 is 5.91 Å². The summed E-state index contributed by atoms with van der Waals surface area (Å²) in [6.07, 6.45) is 1.77. The highest BCUT2D eigenvalue weighted by molar-refractivity contribution is 5.77. The molecule has 0 saturated carbocycles. The molecule has 2 rings (SSSR count). The van der Waals surface area contributed by atoms with Crippen molar-refractivity contribution in [3.8, 4) is 0 Å². The second kappa shape index (κ2) is 9.80. The van der Waals surface area contributed by atoms with Crippen molar-refractivity contribution in [3.63, 3.8) is 0 Å². The molecule has 0 fully saturated rings. The van der Waals surface area contributed by atoms with Crippen LogP contribution in [0, 0.1) is 5.82 Å². The predicted molar refractivity (Wildman–Crippen MR) is 91.7 cm³/mol. The van der Waals surface area contributed by atoms with Crippen LogP contribution in [-0.2, 0) is 29.1 Å². The zero-order chi connectivity index (χ0) is 17.2. The molecule has 0 spiro atoms. The molecule has 128 valence electrons.